The average molecular weight is 387 g/mol. The van der Waals surface area contributed by atoms with Gasteiger partial charge in [-0.3, -0.25) is 9.80 Å². The summed E-state index contributed by atoms with van der Waals surface area (Å²) in [5.74, 6) is 0. The average Bonchev–Trinajstić information content (AvgIpc) is 2.66. The summed E-state index contributed by atoms with van der Waals surface area (Å²) in [6.45, 7) is 8.06. The van der Waals surface area contributed by atoms with E-state index in [0.29, 0.717) is 5.02 Å². The Labute approximate surface area is 166 Å². The molecule has 1 heterocycles. The number of hydrogen-bond acceptors (Lipinski definition) is 3. The van der Waals surface area contributed by atoms with Crippen LogP contribution in [-0.2, 0) is 6.54 Å². The van der Waals surface area contributed by atoms with Gasteiger partial charge in [-0.15, -0.1) is 0 Å². The zero-order valence-electron chi connectivity index (χ0n) is 15.7. The maximum Gasteiger partial charge on any atom is 0.319 e. The summed E-state index contributed by atoms with van der Waals surface area (Å²) in [6.07, 6.45) is 0. The molecule has 1 aliphatic rings. The number of carbonyl (C=O) groups excluding carboxylic acids is 1. The van der Waals surface area contributed by atoms with Gasteiger partial charge in [-0.25, -0.2) is 4.79 Å². The fraction of sp³-hybridized carbons (Fsp3) is 0.381. The van der Waals surface area contributed by atoms with Crippen LogP contribution in [0.25, 0.3) is 0 Å². The van der Waals surface area contributed by atoms with Crippen molar-refractivity contribution in [3.05, 3.63) is 65.2 Å². The van der Waals surface area contributed by atoms with Crippen LogP contribution in [0.4, 0.5) is 10.5 Å². The number of carbonyl (C=O) groups is 1. The van der Waals surface area contributed by atoms with Gasteiger partial charge in [0.15, 0.2) is 0 Å². The van der Waals surface area contributed by atoms with Crippen LogP contribution in [0, 0.1) is 0 Å². The van der Waals surface area contributed by atoms with Gasteiger partial charge >= 0.3 is 6.03 Å². The molecule has 0 radical (unpaired) electrons. The summed E-state index contributed by atoms with van der Waals surface area (Å²) < 4.78 is 0. The van der Waals surface area contributed by atoms with Gasteiger partial charge in [-0.1, -0.05) is 41.9 Å². The van der Waals surface area contributed by atoms with Crippen molar-refractivity contribution in [1.29, 1.82) is 0 Å². The number of amides is 2. The third-order valence-electron chi connectivity index (χ3n) is 4.73. The first-order valence-electron chi connectivity index (χ1n) is 9.40. The van der Waals surface area contributed by atoms with Crippen molar-refractivity contribution in [1.82, 2.24) is 15.1 Å². The number of urea groups is 1. The van der Waals surface area contributed by atoms with E-state index < -0.39 is 0 Å². The van der Waals surface area contributed by atoms with E-state index in [1.165, 1.54) is 5.56 Å². The molecule has 5 nitrogen and oxygen atoms in total. The predicted molar refractivity (Wildman–Crippen MR) is 111 cm³/mol. The first kappa shape index (κ1) is 19.7. The Balaban J connectivity index is 1.37. The van der Waals surface area contributed by atoms with Gasteiger partial charge in [-0.05, 0) is 36.8 Å². The molecule has 0 aliphatic carbocycles. The quantitative estimate of drug-likeness (QED) is 0.796. The Morgan fingerprint density at radius 3 is 2.30 bits per heavy atom. The summed E-state index contributed by atoms with van der Waals surface area (Å²) >= 11 is 5.86. The number of benzene rings is 2. The second-order valence-electron chi connectivity index (χ2n) is 7.07. The molecule has 2 aromatic rings. The smallest absolute Gasteiger partial charge is 0.319 e. The van der Waals surface area contributed by atoms with Crippen molar-refractivity contribution in [2.45, 2.75) is 19.5 Å². The maximum atomic E-state index is 12.1. The number of rotatable bonds is 6. The van der Waals surface area contributed by atoms with Gasteiger partial charge in [0.25, 0.3) is 0 Å². The predicted octanol–water partition coefficient (Wildman–Crippen LogP) is 3.67. The standard InChI is InChI=1S/C21H27ClN4O/c1-17(23-21(27)24-20-9-7-19(22)8-10-20)15-25-11-13-26(14-12-25)16-18-5-3-2-4-6-18/h2-10,17H,11-16H2,1H3,(H2,23,24,27)/t17-/m0/s1. The van der Waals surface area contributed by atoms with Gasteiger partial charge in [0.2, 0.25) is 0 Å². The number of nitrogens with zero attached hydrogens (tertiary/aromatic N) is 2. The highest BCUT2D eigenvalue weighted by molar-refractivity contribution is 6.30. The minimum atomic E-state index is -0.187. The molecule has 0 unspecified atom stereocenters. The lowest BCUT2D eigenvalue weighted by molar-refractivity contribution is 0.120. The molecule has 2 aromatic carbocycles. The molecule has 2 amide bonds. The molecule has 27 heavy (non-hydrogen) atoms. The first-order valence-corrected chi connectivity index (χ1v) is 9.78. The van der Waals surface area contributed by atoms with E-state index in [2.05, 4.69) is 50.8 Å². The van der Waals surface area contributed by atoms with Crippen molar-refractivity contribution in [2.75, 3.05) is 38.0 Å². The van der Waals surface area contributed by atoms with Crippen LogP contribution < -0.4 is 10.6 Å². The van der Waals surface area contributed by atoms with E-state index in [1.807, 2.05) is 6.92 Å². The van der Waals surface area contributed by atoms with Crippen LogP contribution in [0.1, 0.15) is 12.5 Å². The number of halogens is 1. The van der Waals surface area contributed by atoms with Gasteiger partial charge in [-0.2, -0.15) is 0 Å². The fourth-order valence-electron chi connectivity index (χ4n) is 3.33. The minimum absolute atomic E-state index is 0.0815. The lowest BCUT2D eigenvalue weighted by atomic mass is 10.2. The maximum absolute atomic E-state index is 12.1. The van der Waals surface area contributed by atoms with E-state index in [-0.39, 0.29) is 12.1 Å². The summed E-state index contributed by atoms with van der Waals surface area (Å²) in [4.78, 5) is 17.0. The van der Waals surface area contributed by atoms with Crippen LogP contribution >= 0.6 is 11.6 Å². The Kier molecular flexibility index (Phi) is 7.10. The van der Waals surface area contributed by atoms with Gasteiger partial charge in [0, 0.05) is 56.0 Å². The van der Waals surface area contributed by atoms with Crippen molar-refractivity contribution >= 4 is 23.3 Å². The Hall–Kier alpha value is -2.08. The molecule has 6 heteroatoms. The highest BCUT2D eigenvalue weighted by Crippen LogP contribution is 2.13. The molecule has 0 aromatic heterocycles. The summed E-state index contributed by atoms with van der Waals surface area (Å²) in [6, 6.07) is 17.6. The highest BCUT2D eigenvalue weighted by Gasteiger charge is 2.19. The third-order valence-corrected chi connectivity index (χ3v) is 4.98. The van der Waals surface area contributed by atoms with E-state index in [9.17, 15) is 4.79 Å². The zero-order chi connectivity index (χ0) is 19.1. The molecule has 1 atom stereocenters. The zero-order valence-corrected chi connectivity index (χ0v) is 16.5. The summed E-state index contributed by atoms with van der Waals surface area (Å²) in [5, 5.41) is 6.49. The van der Waals surface area contributed by atoms with Crippen LogP contribution in [0.15, 0.2) is 54.6 Å². The Bertz CT molecular complexity index is 715. The monoisotopic (exact) mass is 386 g/mol. The van der Waals surface area contributed by atoms with Crippen LogP contribution in [0.5, 0.6) is 0 Å². The van der Waals surface area contributed by atoms with Crippen molar-refractivity contribution in [3.63, 3.8) is 0 Å². The second-order valence-corrected chi connectivity index (χ2v) is 7.51. The topological polar surface area (TPSA) is 47.6 Å². The van der Waals surface area contributed by atoms with Crippen LogP contribution in [0.3, 0.4) is 0 Å². The van der Waals surface area contributed by atoms with E-state index in [1.54, 1.807) is 24.3 Å². The number of hydrogen-bond donors (Lipinski definition) is 2. The molecule has 0 spiro atoms. The molecule has 3 rings (SSSR count). The highest BCUT2D eigenvalue weighted by atomic mass is 35.5. The lowest BCUT2D eigenvalue weighted by Gasteiger charge is -2.36. The van der Waals surface area contributed by atoms with Crippen molar-refractivity contribution < 1.29 is 4.79 Å². The molecular formula is C21H27ClN4O. The van der Waals surface area contributed by atoms with E-state index >= 15 is 0 Å². The molecular weight excluding hydrogens is 360 g/mol. The molecule has 1 fully saturated rings. The fourth-order valence-corrected chi connectivity index (χ4v) is 3.45. The molecule has 0 saturated carbocycles. The summed E-state index contributed by atoms with van der Waals surface area (Å²) in [7, 11) is 0. The molecule has 0 bridgehead atoms. The normalized spacial score (nSPS) is 16.7. The van der Waals surface area contributed by atoms with Gasteiger partial charge < -0.3 is 10.6 Å². The third kappa shape index (κ3) is 6.54. The minimum Gasteiger partial charge on any atom is -0.334 e. The first-order chi connectivity index (χ1) is 13.1. The van der Waals surface area contributed by atoms with Gasteiger partial charge in [0.05, 0.1) is 0 Å². The van der Waals surface area contributed by atoms with Gasteiger partial charge in [0.1, 0.15) is 0 Å². The van der Waals surface area contributed by atoms with Crippen molar-refractivity contribution in [2.24, 2.45) is 0 Å². The number of piperazine rings is 1. The van der Waals surface area contributed by atoms with Crippen molar-refractivity contribution in [3.8, 4) is 0 Å². The second kappa shape index (κ2) is 9.74. The Morgan fingerprint density at radius 2 is 1.63 bits per heavy atom. The number of nitrogens with one attached hydrogen (secondary N) is 2. The SMILES string of the molecule is C[C@@H](CN1CCN(Cc2ccccc2)CC1)NC(=O)Nc1ccc(Cl)cc1. The molecule has 144 valence electrons. The van der Waals surface area contributed by atoms with Crippen LogP contribution in [-0.4, -0.2) is 54.6 Å². The Morgan fingerprint density at radius 1 is 1.00 bits per heavy atom. The molecule has 2 N–H and O–H groups in total. The lowest BCUT2D eigenvalue weighted by Crippen LogP contribution is -2.50. The largest absolute Gasteiger partial charge is 0.334 e. The van der Waals surface area contributed by atoms with E-state index in [4.69, 9.17) is 11.6 Å². The molecule has 1 aliphatic heterocycles. The summed E-state index contributed by atoms with van der Waals surface area (Å²) in [5.41, 5.74) is 2.10. The van der Waals surface area contributed by atoms with E-state index in [0.717, 1.165) is 45.0 Å². The number of anilines is 1. The van der Waals surface area contributed by atoms with Crippen LogP contribution in [0.2, 0.25) is 5.02 Å². The molecule has 1 saturated heterocycles.